The van der Waals surface area contributed by atoms with Gasteiger partial charge in [-0.2, -0.15) is 8.42 Å². The summed E-state index contributed by atoms with van der Waals surface area (Å²) in [5, 5.41) is 7.64. The van der Waals surface area contributed by atoms with Gasteiger partial charge in [-0.05, 0) is 36.2 Å². The van der Waals surface area contributed by atoms with Gasteiger partial charge >= 0.3 is 0 Å². The van der Waals surface area contributed by atoms with Crippen molar-refractivity contribution in [2.75, 3.05) is 0 Å². The van der Waals surface area contributed by atoms with E-state index in [2.05, 4.69) is 10.3 Å². The Bertz CT molecular complexity index is 852. The molecule has 2 aromatic carbocycles. The molecule has 0 aliphatic carbocycles. The minimum atomic E-state index is -3.70. The Labute approximate surface area is 116 Å². The molecule has 0 bridgehead atoms. The average Bonchev–Trinajstić information content (AvgIpc) is 2.92. The van der Waals surface area contributed by atoms with E-state index in [1.165, 1.54) is 0 Å². The van der Waals surface area contributed by atoms with Crippen molar-refractivity contribution in [2.45, 2.75) is 18.2 Å². The quantitative estimate of drug-likeness (QED) is 0.741. The maximum atomic E-state index is 12.6. The van der Waals surface area contributed by atoms with Crippen LogP contribution in [0.5, 0.6) is 0 Å². The summed E-state index contributed by atoms with van der Waals surface area (Å²) in [6, 6.07) is 13.8. The van der Waals surface area contributed by atoms with Crippen molar-refractivity contribution >= 4 is 21.1 Å². The third kappa shape index (κ3) is 1.98. The molecule has 3 rings (SSSR count). The Balaban J connectivity index is 2.15. The van der Waals surface area contributed by atoms with Crippen molar-refractivity contribution in [3.8, 4) is 0 Å². The zero-order valence-electron chi connectivity index (χ0n) is 10.9. The second kappa shape index (κ2) is 4.72. The van der Waals surface area contributed by atoms with Crippen LogP contribution in [0.2, 0.25) is 0 Å². The summed E-state index contributed by atoms with van der Waals surface area (Å²) < 4.78 is 26.1. The third-order valence-corrected chi connectivity index (χ3v) is 4.77. The summed E-state index contributed by atoms with van der Waals surface area (Å²) in [7, 11) is -3.70. The molecule has 0 aliphatic rings. The number of fused-ring (bicyclic) bond motifs is 1. The number of aryl methyl sites for hydroxylation is 1. The first kappa shape index (κ1) is 12.8. The van der Waals surface area contributed by atoms with Crippen LogP contribution in [0.15, 0.2) is 53.4 Å². The predicted octanol–water partition coefficient (Wildman–Crippen LogP) is 2.23. The first-order valence-electron chi connectivity index (χ1n) is 6.28. The maximum Gasteiger partial charge on any atom is 0.284 e. The first-order chi connectivity index (χ1) is 9.63. The molecule has 1 heterocycles. The minimum absolute atomic E-state index is 0.213. The number of hydrogen-bond acceptors (Lipinski definition) is 4. The van der Waals surface area contributed by atoms with Gasteiger partial charge in [-0.3, -0.25) is 0 Å². The van der Waals surface area contributed by atoms with Gasteiger partial charge < -0.3 is 0 Å². The molecule has 1 aromatic heterocycles. The predicted molar refractivity (Wildman–Crippen MR) is 75.9 cm³/mol. The largest absolute Gasteiger partial charge is 0.284 e. The molecule has 0 aliphatic heterocycles. The van der Waals surface area contributed by atoms with Crippen LogP contribution in [0, 0.1) is 0 Å². The fraction of sp³-hybridized carbons (Fsp3) is 0.143. The molecule has 102 valence electrons. The standard InChI is InChI=1S/C14H13N3O2S/c1-2-11-7-9-12(10-8-11)20(18,19)17-14-6-4-3-5-13(14)15-16-17/h3-10H,2H2,1H3. The fourth-order valence-electron chi connectivity index (χ4n) is 2.02. The molecule has 0 saturated carbocycles. The van der Waals surface area contributed by atoms with Crippen LogP contribution in [-0.2, 0) is 16.4 Å². The Kier molecular flexibility index (Phi) is 3.02. The monoisotopic (exact) mass is 287 g/mol. The normalized spacial score (nSPS) is 11.8. The fourth-order valence-corrected chi connectivity index (χ4v) is 3.25. The zero-order chi connectivity index (χ0) is 14.2. The van der Waals surface area contributed by atoms with E-state index in [0.717, 1.165) is 16.1 Å². The number of benzene rings is 2. The van der Waals surface area contributed by atoms with Gasteiger partial charge in [0.05, 0.1) is 4.90 Å². The molecule has 0 spiro atoms. The first-order valence-corrected chi connectivity index (χ1v) is 7.72. The van der Waals surface area contributed by atoms with E-state index in [4.69, 9.17) is 0 Å². The van der Waals surface area contributed by atoms with Crippen LogP contribution in [0.3, 0.4) is 0 Å². The van der Waals surface area contributed by atoms with Crippen LogP contribution < -0.4 is 0 Å². The van der Waals surface area contributed by atoms with Gasteiger partial charge in [-0.25, -0.2) is 0 Å². The lowest BCUT2D eigenvalue weighted by Crippen LogP contribution is -2.14. The molecule has 0 saturated heterocycles. The number of hydrogen-bond donors (Lipinski definition) is 0. The van der Waals surface area contributed by atoms with E-state index in [1.807, 2.05) is 19.1 Å². The van der Waals surface area contributed by atoms with Gasteiger partial charge in [-0.15, -0.1) is 9.19 Å². The smallest absolute Gasteiger partial charge is 0.199 e. The van der Waals surface area contributed by atoms with Crippen LogP contribution in [-0.4, -0.2) is 22.8 Å². The summed E-state index contributed by atoms with van der Waals surface area (Å²) in [6.45, 7) is 2.02. The molecular weight excluding hydrogens is 274 g/mol. The van der Waals surface area contributed by atoms with Gasteiger partial charge in [-0.1, -0.05) is 36.4 Å². The summed E-state index contributed by atoms with van der Waals surface area (Å²) in [5.41, 5.74) is 2.13. The van der Waals surface area contributed by atoms with Crippen molar-refractivity contribution < 1.29 is 8.42 Å². The van der Waals surface area contributed by atoms with Gasteiger partial charge in [0.2, 0.25) is 0 Å². The molecule has 0 unspecified atom stereocenters. The highest BCUT2D eigenvalue weighted by atomic mass is 32.2. The number of rotatable bonds is 3. The van der Waals surface area contributed by atoms with Gasteiger partial charge in [0.25, 0.3) is 10.0 Å². The number of aromatic nitrogens is 3. The molecule has 5 nitrogen and oxygen atoms in total. The van der Waals surface area contributed by atoms with Gasteiger partial charge in [0.1, 0.15) is 11.0 Å². The molecule has 3 aromatic rings. The molecule has 20 heavy (non-hydrogen) atoms. The molecule has 0 fully saturated rings. The van der Waals surface area contributed by atoms with Gasteiger partial charge in [0.15, 0.2) is 0 Å². The molecule has 6 heteroatoms. The minimum Gasteiger partial charge on any atom is -0.199 e. The SMILES string of the molecule is CCc1ccc(S(=O)(=O)n2nnc3ccccc32)cc1. The maximum absolute atomic E-state index is 12.6. The number of para-hydroxylation sites is 1. The third-order valence-electron chi connectivity index (χ3n) is 3.18. The highest BCUT2D eigenvalue weighted by Gasteiger charge is 2.20. The summed E-state index contributed by atoms with van der Waals surface area (Å²) in [5.74, 6) is 0. The second-order valence-corrected chi connectivity index (χ2v) is 6.19. The second-order valence-electron chi connectivity index (χ2n) is 4.42. The summed E-state index contributed by atoms with van der Waals surface area (Å²) >= 11 is 0. The number of nitrogens with zero attached hydrogens (tertiary/aromatic N) is 3. The van der Waals surface area contributed by atoms with E-state index < -0.39 is 10.0 Å². The van der Waals surface area contributed by atoms with Crippen molar-refractivity contribution in [1.29, 1.82) is 0 Å². The molecular formula is C14H13N3O2S. The van der Waals surface area contributed by atoms with Crippen molar-refractivity contribution in [1.82, 2.24) is 14.4 Å². The van der Waals surface area contributed by atoms with E-state index in [1.54, 1.807) is 36.4 Å². The average molecular weight is 287 g/mol. The lowest BCUT2D eigenvalue weighted by Gasteiger charge is -2.05. The van der Waals surface area contributed by atoms with Crippen molar-refractivity contribution in [3.63, 3.8) is 0 Å². The van der Waals surface area contributed by atoms with Crippen LogP contribution in [0.1, 0.15) is 12.5 Å². The molecule has 0 radical (unpaired) electrons. The highest BCUT2D eigenvalue weighted by molar-refractivity contribution is 7.90. The van der Waals surface area contributed by atoms with Crippen LogP contribution in [0.25, 0.3) is 11.0 Å². The van der Waals surface area contributed by atoms with Crippen molar-refractivity contribution in [2.24, 2.45) is 0 Å². The van der Waals surface area contributed by atoms with Crippen LogP contribution >= 0.6 is 0 Å². The Morgan fingerprint density at radius 1 is 1.05 bits per heavy atom. The molecule has 0 atom stereocenters. The van der Waals surface area contributed by atoms with Crippen molar-refractivity contribution in [3.05, 3.63) is 54.1 Å². The van der Waals surface area contributed by atoms with E-state index in [9.17, 15) is 8.42 Å². The Morgan fingerprint density at radius 3 is 2.45 bits per heavy atom. The Morgan fingerprint density at radius 2 is 1.75 bits per heavy atom. The summed E-state index contributed by atoms with van der Waals surface area (Å²) in [6.07, 6.45) is 0.868. The van der Waals surface area contributed by atoms with E-state index in [-0.39, 0.29) is 4.90 Å². The zero-order valence-corrected chi connectivity index (χ0v) is 11.7. The molecule has 0 N–H and O–H groups in total. The lowest BCUT2D eigenvalue weighted by atomic mass is 10.2. The topological polar surface area (TPSA) is 64.8 Å². The molecule has 0 amide bonds. The van der Waals surface area contributed by atoms with E-state index >= 15 is 0 Å². The Hall–Kier alpha value is -2.21. The highest BCUT2D eigenvalue weighted by Crippen LogP contribution is 2.19. The summed E-state index contributed by atoms with van der Waals surface area (Å²) in [4.78, 5) is 0.213. The van der Waals surface area contributed by atoms with Gasteiger partial charge in [0, 0.05) is 0 Å². The van der Waals surface area contributed by atoms with E-state index in [0.29, 0.717) is 11.0 Å². The van der Waals surface area contributed by atoms with Crippen LogP contribution in [0.4, 0.5) is 0 Å². The lowest BCUT2D eigenvalue weighted by molar-refractivity contribution is 0.579.